The van der Waals surface area contributed by atoms with Crippen LogP contribution in [0.1, 0.15) is 39.5 Å². The predicted octanol–water partition coefficient (Wildman–Crippen LogP) is 1.93. The summed E-state index contributed by atoms with van der Waals surface area (Å²) in [4.78, 5) is 0. The summed E-state index contributed by atoms with van der Waals surface area (Å²) < 4.78 is 0. The van der Waals surface area contributed by atoms with Gasteiger partial charge < -0.3 is 0 Å². The Morgan fingerprint density at radius 3 is 2.55 bits per heavy atom. The summed E-state index contributed by atoms with van der Waals surface area (Å²) in [5.74, 6) is 2.76. The highest BCUT2D eigenvalue weighted by atomic mass is 15.0. The van der Waals surface area contributed by atoms with E-state index in [2.05, 4.69) is 25.1 Å². The molecule has 1 atom stereocenters. The Balaban J connectivity index is 2.34. The Hall–Kier alpha value is -0.480. The van der Waals surface area contributed by atoms with Crippen molar-refractivity contribution >= 4 is 0 Å². The average Bonchev–Trinajstić information content (AvgIpc) is 1.97. The normalized spacial score (nSPS) is 23.4. The van der Waals surface area contributed by atoms with E-state index in [-0.39, 0.29) is 6.04 Å². The quantitative estimate of drug-likeness (QED) is 0.608. The molecule has 1 rings (SSSR count). The molecule has 0 radical (unpaired) electrons. The first-order valence-corrected chi connectivity index (χ1v) is 4.44. The van der Waals surface area contributed by atoms with Crippen LogP contribution in [0.5, 0.6) is 0 Å². The van der Waals surface area contributed by atoms with Crippen molar-refractivity contribution in [3.8, 4) is 12.3 Å². The van der Waals surface area contributed by atoms with Crippen molar-refractivity contribution in [3.63, 3.8) is 0 Å². The number of terminal acetylenes is 1. The molecule has 62 valence electrons. The van der Waals surface area contributed by atoms with E-state index in [0.717, 1.165) is 6.42 Å². The maximum Gasteiger partial charge on any atom is 0.0688 e. The van der Waals surface area contributed by atoms with Gasteiger partial charge in [0.2, 0.25) is 0 Å². The third kappa shape index (κ3) is 1.97. The van der Waals surface area contributed by atoms with Gasteiger partial charge in [-0.1, -0.05) is 12.8 Å². The van der Waals surface area contributed by atoms with E-state index in [9.17, 15) is 0 Å². The lowest BCUT2D eigenvalue weighted by atomic mass is 9.78. The van der Waals surface area contributed by atoms with Crippen molar-refractivity contribution in [2.24, 2.45) is 0 Å². The molecule has 1 N–H and O–H groups in total. The Morgan fingerprint density at radius 1 is 1.64 bits per heavy atom. The molecule has 0 heterocycles. The van der Waals surface area contributed by atoms with Crippen LogP contribution in [0.3, 0.4) is 0 Å². The Morgan fingerprint density at radius 2 is 2.27 bits per heavy atom. The zero-order valence-electron chi connectivity index (χ0n) is 7.48. The summed E-state index contributed by atoms with van der Waals surface area (Å²) in [5, 5.41) is 3.49. The summed E-state index contributed by atoms with van der Waals surface area (Å²) in [5.41, 5.74) is 0.354. The van der Waals surface area contributed by atoms with Crippen molar-refractivity contribution in [1.29, 1.82) is 0 Å². The number of hydrogen-bond donors (Lipinski definition) is 1. The molecule has 0 saturated heterocycles. The van der Waals surface area contributed by atoms with Gasteiger partial charge in [-0.15, -0.1) is 6.42 Å². The smallest absolute Gasteiger partial charge is 0.0688 e. The summed E-state index contributed by atoms with van der Waals surface area (Å²) >= 11 is 0. The van der Waals surface area contributed by atoms with E-state index in [1.807, 2.05) is 0 Å². The first kappa shape index (κ1) is 8.62. The molecule has 0 aromatic carbocycles. The van der Waals surface area contributed by atoms with E-state index in [1.54, 1.807) is 0 Å². The molecule has 1 nitrogen and oxygen atoms in total. The van der Waals surface area contributed by atoms with Gasteiger partial charge in [0.15, 0.2) is 0 Å². The zero-order valence-corrected chi connectivity index (χ0v) is 7.48. The Labute approximate surface area is 69.6 Å². The lowest BCUT2D eigenvalue weighted by molar-refractivity contribution is 0.197. The van der Waals surface area contributed by atoms with Crippen LogP contribution in [0, 0.1) is 12.3 Å². The van der Waals surface area contributed by atoms with Crippen molar-refractivity contribution in [2.45, 2.75) is 51.1 Å². The van der Waals surface area contributed by atoms with E-state index < -0.39 is 0 Å². The molecular formula is C10H17N. The van der Waals surface area contributed by atoms with Crippen molar-refractivity contribution in [3.05, 3.63) is 0 Å². The first-order valence-electron chi connectivity index (χ1n) is 4.44. The molecule has 0 spiro atoms. The van der Waals surface area contributed by atoms with Gasteiger partial charge in [-0.25, -0.2) is 0 Å². The maximum absolute atomic E-state index is 5.36. The summed E-state index contributed by atoms with van der Waals surface area (Å²) in [6.45, 7) is 4.38. The SMILES string of the molecule is C#CC(CC)NC1(C)CCC1. The molecule has 1 unspecified atom stereocenters. The van der Waals surface area contributed by atoms with Crippen LogP contribution in [0.15, 0.2) is 0 Å². The van der Waals surface area contributed by atoms with Gasteiger partial charge in [0.25, 0.3) is 0 Å². The summed E-state index contributed by atoms with van der Waals surface area (Å²) in [6, 6.07) is 0.278. The molecule has 1 fully saturated rings. The molecule has 0 aromatic rings. The van der Waals surface area contributed by atoms with E-state index >= 15 is 0 Å². The second kappa shape index (κ2) is 3.28. The van der Waals surface area contributed by atoms with Crippen LogP contribution in [0.2, 0.25) is 0 Å². The monoisotopic (exact) mass is 151 g/mol. The van der Waals surface area contributed by atoms with Crippen LogP contribution < -0.4 is 5.32 Å². The number of nitrogens with one attached hydrogen (secondary N) is 1. The second-order valence-electron chi connectivity index (χ2n) is 3.69. The van der Waals surface area contributed by atoms with Gasteiger partial charge in [0.05, 0.1) is 6.04 Å². The van der Waals surface area contributed by atoms with Gasteiger partial charge in [-0.2, -0.15) is 0 Å². The summed E-state index contributed by atoms with van der Waals surface area (Å²) in [7, 11) is 0. The van der Waals surface area contributed by atoms with Gasteiger partial charge in [0, 0.05) is 5.54 Å². The standard InChI is InChI=1S/C10H17N/c1-4-9(5-2)11-10(3)7-6-8-10/h1,9,11H,5-8H2,2-3H3. The zero-order chi connectivity index (χ0) is 8.32. The van der Waals surface area contributed by atoms with E-state index in [1.165, 1.54) is 19.3 Å². The van der Waals surface area contributed by atoms with Crippen LogP contribution >= 0.6 is 0 Å². The van der Waals surface area contributed by atoms with Gasteiger partial charge in [0.1, 0.15) is 0 Å². The third-order valence-corrected chi connectivity index (χ3v) is 2.59. The first-order chi connectivity index (χ1) is 5.20. The molecular weight excluding hydrogens is 134 g/mol. The van der Waals surface area contributed by atoms with Crippen LogP contribution in [0.25, 0.3) is 0 Å². The topological polar surface area (TPSA) is 12.0 Å². The van der Waals surface area contributed by atoms with Crippen molar-refractivity contribution < 1.29 is 0 Å². The molecule has 0 aromatic heterocycles. The molecule has 1 aliphatic rings. The Bertz CT molecular complexity index is 162. The van der Waals surface area contributed by atoms with E-state index in [0.29, 0.717) is 5.54 Å². The van der Waals surface area contributed by atoms with E-state index in [4.69, 9.17) is 6.42 Å². The molecule has 0 aliphatic heterocycles. The molecule has 1 heteroatoms. The fourth-order valence-corrected chi connectivity index (χ4v) is 1.53. The van der Waals surface area contributed by atoms with Gasteiger partial charge in [-0.3, -0.25) is 5.32 Å². The lowest BCUT2D eigenvalue weighted by Gasteiger charge is -2.41. The highest BCUT2D eigenvalue weighted by molar-refractivity contribution is 5.04. The minimum Gasteiger partial charge on any atom is -0.298 e. The lowest BCUT2D eigenvalue weighted by Crippen LogP contribution is -2.52. The number of hydrogen-bond acceptors (Lipinski definition) is 1. The highest BCUT2D eigenvalue weighted by Gasteiger charge is 2.32. The third-order valence-electron chi connectivity index (χ3n) is 2.59. The number of rotatable bonds is 3. The maximum atomic E-state index is 5.36. The fraction of sp³-hybridized carbons (Fsp3) is 0.800. The average molecular weight is 151 g/mol. The molecule has 11 heavy (non-hydrogen) atoms. The van der Waals surface area contributed by atoms with Crippen LogP contribution in [-0.2, 0) is 0 Å². The minimum atomic E-state index is 0.278. The molecule has 0 amide bonds. The molecule has 0 bridgehead atoms. The highest BCUT2D eigenvalue weighted by Crippen LogP contribution is 2.31. The van der Waals surface area contributed by atoms with Crippen LogP contribution in [0.4, 0.5) is 0 Å². The molecule has 1 aliphatic carbocycles. The second-order valence-corrected chi connectivity index (χ2v) is 3.69. The van der Waals surface area contributed by atoms with Crippen LogP contribution in [-0.4, -0.2) is 11.6 Å². The van der Waals surface area contributed by atoms with Crippen molar-refractivity contribution in [2.75, 3.05) is 0 Å². The van der Waals surface area contributed by atoms with Gasteiger partial charge in [-0.05, 0) is 32.6 Å². The predicted molar refractivity (Wildman–Crippen MR) is 48.3 cm³/mol. The van der Waals surface area contributed by atoms with Gasteiger partial charge >= 0.3 is 0 Å². The largest absolute Gasteiger partial charge is 0.298 e. The minimum absolute atomic E-state index is 0.278. The summed E-state index contributed by atoms with van der Waals surface area (Å²) in [6.07, 6.45) is 10.3. The fourth-order valence-electron chi connectivity index (χ4n) is 1.53. The van der Waals surface area contributed by atoms with Crippen molar-refractivity contribution in [1.82, 2.24) is 5.32 Å². The Kier molecular flexibility index (Phi) is 2.57. The molecule has 1 saturated carbocycles.